The maximum Gasteiger partial charge on any atom is 0.113 e. The van der Waals surface area contributed by atoms with Crippen LogP contribution in [0.2, 0.25) is 0 Å². The van der Waals surface area contributed by atoms with Gasteiger partial charge in [-0.2, -0.15) is 0 Å². The molecule has 0 saturated heterocycles. The molecule has 0 spiro atoms. The summed E-state index contributed by atoms with van der Waals surface area (Å²) in [6.45, 7) is 14.3. The Labute approximate surface area is 77.9 Å². The third kappa shape index (κ3) is 4.01. The van der Waals surface area contributed by atoms with Gasteiger partial charge in [0.15, 0.2) is 0 Å². The van der Waals surface area contributed by atoms with E-state index in [0.29, 0.717) is 12.0 Å². The normalized spacial score (nSPS) is 18.7. The first-order chi connectivity index (χ1) is 5.63. The summed E-state index contributed by atoms with van der Waals surface area (Å²) in [5, 5.41) is 3.48. The highest BCUT2D eigenvalue weighted by Crippen LogP contribution is 2.17. The molecule has 72 valence electrons. The van der Waals surface area contributed by atoms with Crippen LogP contribution in [-0.4, -0.2) is 12.6 Å². The first kappa shape index (κ1) is 11.8. The highest BCUT2D eigenvalue weighted by molar-refractivity contribution is 4.77. The lowest BCUT2D eigenvalue weighted by Gasteiger charge is -2.20. The van der Waals surface area contributed by atoms with Crippen molar-refractivity contribution in [2.24, 2.45) is 11.8 Å². The van der Waals surface area contributed by atoms with Crippen LogP contribution in [0, 0.1) is 18.8 Å². The monoisotopic (exact) mass is 170 g/mol. The molecule has 0 fully saturated rings. The first-order valence-corrected chi connectivity index (χ1v) is 5.19. The molecule has 12 heavy (non-hydrogen) atoms. The Morgan fingerprint density at radius 2 is 1.83 bits per heavy atom. The van der Waals surface area contributed by atoms with Gasteiger partial charge < -0.3 is 5.32 Å². The topological polar surface area (TPSA) is 12.0 Å². The lowest BCUT2D eigenvalue weighted by atomic mass is 9.88. The quantitative estimate of drug-likeness (QED) is 0.604. The molecule has 1 heteroatoms. The largest absolute Gasteiger partial charge is 0.310 e. The molecule has 0 aromatic rings. The van der Waals surface area contributed by atoms with Crippen molar-refractivity contribution in [3.8, 4) is 0 Å². The second-order valence-electron chi connectivity index (χ2n) is 3.79. The van der Waals surface area contributed by atoms with Crippen molar-refractivity contribution in [3.63, 3.8) is 0 Å². The molecule has 0 aliphatic rings. The summed E-state index contributed by atoms with van der Waals surface area (Å²) < 4.78 is 0. The third-order valence-electron chi connectivity index (χ3n) is 2.73. The van der Waals surface area contributed by atoms with Crippen molar-refractivity contribution in [2.45, 2.75) is 46.6 Å². The van der Waals surface area contributed by atoms with Crippen LogP contribution < -0.4 is 5.32 Å². The number of hydrogen-bond acceptors (Lipinski definition) is 1. The number of rotatable bonds is 6. The second kappa shape index (κ2) is 6.36. The minimum absolute atomic E-state index is 0.543. The van der Waals surface area contributed by atoms with Gasteiger partial charge in [-0.3, -0.25) is 0 Å². The molecule has 3 unspecified atom stereocenters. The molecular formula is C11H24N+. The van der Waals surface area contributed by atoms with E-state index >= 15 is 0 Å². The zero-order valence-electron chi connectivity index (χ0n) is 9.06. The van der Waals surface area contributed by atoms with Crippen molar-refractivity contribution in [2.75, 3.05) is 6.54 Å². The van der Waals surface area contributed by atoms with E-state index in [9.17, 15) is 0 Å². The zero-order chi connectivity index (χ0) is 9.56. The maximum atomic E-state index is 4.20. The van der Waals surface area contributed by atoms with Gasteiger partial charge >= 0.3 is 0 Å². The van der Waals surface area contributed by atoms with Crippen LogP contribution in [0.15, 0.2) is 0 Å². The predicted molar refractivity (Wildman–Crippen MR) is 56.1 cm³/mol. The van der Waals surface area contributed by atoms with Gasteiger partial charge in [0.1, 0.15) is 5.92 Å². The molecular weight excluding hydrogens is 146 g/mol. The number of nitrogens with one attached hydrogen (secondary N) is 1. The Hall–Kier alpha value is -0.170. The Morgan fingerprint density at radius 3 is 2.25 bits per heavy atom. The smallest absolute Gasteiger partial charge is 0.113 e. The summed E-state index contributed by atoms with van der Waals surface area (Å²) in [7, 11) is 0. The van der Waals surface area contributed by atoms with Crippen molar-refractivity contribution < 1.29 is 0 Å². The highest BCUT2D eigenvalue weighted by Gasteiger charge is 2.22. The van der Waals surface area contributed by atoms with E-state index in [1.54, 1.807) is 0 Å². The van der Waals surface area contributed by atoms with E-state index in [2.05, 4.69) is 39.9 Å². The molecule has 1 nitrogen and oxygen atoms in total. The predicted octanol–water partition coefficient (Wildman–Crippen LogP) is 2.87. The fourth-order valence-corrected chi connectivity index (χ4v) is 1.32. The molecule has 0 bridgehead atoms. The third-order valence-corrected chi connectivity index (χ3v) is 2.73. The van der Waals surface area contributed by atoms with Crippen LogP contribution in [-0.2, 0) is 0 Å². The van der Waals surface area contributed by atoms with Gasteiger partial charge in [-0.15, -0.1) is 0 Å². The SMILES string of the molecule is [CH2+]C(C(C)CC)C(C)NCCC. The van der Waals surface area contributed by atoms with Crippen LogP contribution in [0.5, 0.6) is 0 Å². The Morgan fingerprint density at radius 1 is 1.25 bits per heavy atom. The molecule has 0 aromatic heterocycles. The fourth-order valence-electron chi connectivity index (χ4n) is 1.32. The summed E-state index contributed by atoms with van der Waals surface area (Å²) in [6.07, 6.45) is 2.43. The summed E-state index contributed by atoms with van der Waals surface area (Å²) in [4.78, 5) is 0. The minimum Gasteiger partial charge on any atom is -0.310 e. The van der Waals surface area contributed by atoms with Gasteiger partial charge in [0, 0.05) is 12.0 Å². The second-order valence-corrected chi connectivity index (χ2v) is 3.79. The molecule has 0 aliphatic heterocycles. The van der Waals surface area contributed by atoms with Gasteiger partial charge in [0.05, 0.1) is 6.92 Å². The van der Waals surface area contributed by atoms with E-state index in [4.69, 9.17) is 0 Å². The lowest BCUT2D eigenvalue weighted by molar-refractivity contribution is 0.322. The number of hydrogen-bond donors (Lipinski definition) is 1. The van der Waals surface area contributed by atoms with Crippen LogP contribution in [0.3, 0.4) is 0 Å². The minimum atomic E-state index is 0.543. The van der Waals surface area contributed by atoms with Gasteiger partial charge in [-0.05, 0) is 26.3 Å². The summed E-state index contributed by atoms with van der Waals surface area (Å²) in [5.74, 6) is 1.27. The first-order valence-electron chi connectivity index (χ1n) is 5.19. The van der Waals surface area contributed by atoms with Crippen molar-refractivity contribution in [1.29, 1.82) is 0 Å². The van der Waals surface area contributed by atoms with Gasteiger partial charge in [-0.25, -0.2) is 0 Å². The van der Waals surface area contributed by atoms with E-state index in [1.807, 2.05) is 0 Å². The van der Waals surface area contributed by atoms with E-state index in [1.165, 1.54) is 12.8 Å². The molecule has 0 amide bonds. The van der Waals surface area contributed by atoms with E-state index in [0.717, 1.165) is 12.5 Å². The molecule has 0 heterocycles. The molecule has 1 N–H and O–H groups in total. The van der Waals surface area contributed by atoms with E-state index in [-0.39, 0.29) is 0 Å². The Kier molecular flexibility index (Phi) is 6.27. The standard InChI is InChI=1S/C11H24N/c1-6-8-12-11(5)10(4)9(3)7-2/h9-12H,4,6-8H2,1-3,5H3/q+1. The highest BCUT2D eigenvalue weighted by atomic mass is 14.9. The molecule has 0 rings (SSSR count). The fraction of sp³-hybridized carbons (Fsp3) is 0.909. The Balaban J connectivity index is 3.67. The van der Waals surface area contributed by atoms with Crippen molar-refractivity contribution in [1.82, 2.24) is 5.32 Å². The molecule has 0 aliphatic carbocycles. The zero-order valence-corrected chi connectivity index (χ0v) is 9.06. The van der Waals surface area contributed by atoms with Gasteiger partial charge in [-0.1, -0.05) is 20.8 Å². The maximum absolute atomic E-state index is 4.20. The van der Waals surface area contributed by atoms with Crippen LogP contribution >= 0.6 is 0 Å². The van der Waals surface area contributed by atoms with Crippen LogP contribution in [0.1, 0.15) is 40.5 Å². The molecule has 3 atom stereocenters. The molecule has 0 radical (unpaired) electrons. The van der Waals surface area contributed by atoms with Gasteiger partial charge in [0.2, 0.25) is 0 Å². The van der Waals surface area contributed by atoms with Crippen molar-refractivity contribution >= 4 is 0 Å². The summed E-state index contributed by atoms with van der Waals surface area (Å²) in [5.41, 5.74) is 0. The molecule has 0 saturated carbocycles. The summed E-state index contributed by atoms with van der Waals surface area (Å²) in [6, 6.07) is 0.555. The van der Waals surface area contributed by atoms with Crippen molar-refractivity contribution in [3.05, 3.63) is 6.92 Å². The van der Waals surface area contributed by atoms with Crippen LogP contribution in [0.4, 0.5) is 0 Å². The Bertz CT molecular complexity index is 101. The van der Waals surface area contributed by atoms with E-state index < -0.39 is 0 Å². The lowest BCUT2D eigenvalue weighted by Crippen LogP contribution is -2.35. The average Bonchev–Trinajstić information content (AvgIpc) is 2.11. The van der Waals surface area contributed by atoms with Gasteiger partial charge in [0.25, 0.3) is 0 Å². The van der Waals surface area contributed by atoms with Crippen LogP contribution in [0.25, 0.3) is 0 Å². The molecule has 0 aromatic carbocycles. The average molecular weight is 170 g/mol. The summed E-state index contributed by atoms with van der Waals surface area (Å²) >= 11 is 0.